The van der Waals surface area contributed by atoms with Gasteiger partial charge in [0.1, 0.15) is 0 Å². The number of carbonyl (C=O) groups is 1. The van der Waals surface area contributed by atoms with E-state index in [2.05, 4.69) is 15.1 Å². The number of halogens is 4. The zero-order valence-electron chi connectivity index (χ0n) is 18.2. The number of piperazine rings is 1. The Balaban J connectivity index is 1.48. The lowest BCUT2D eigenvalue weighted by Gasteiger charge is -2.49. The van der Waals surface area contributed by atoms with Gasteiger partial charge in [0.2, 0.25) is 5.91 Å². The van der Waals surface area contributed by atoms with Crippen LogP contribution in [0, 0.1) is 5.92 Å². The van der Waals surface area contributed by atoms with E-state index in [0.717, 1.165) is 17.4 Å². The van der Waals surface area contributed by atoms with E-state index < -0.39 is 17.7 Å². The van der Waals surface area contributed by atoms with Gasteiger partial charge in [0.25, 0.3) is 0 Å². The number of amides is 1. The number of carbonyl (C=O) groups excluding carboxylic acids is 1. The van der Waals surface area contributed by atoms with E-state index in [1.165, 1.54) is 6.07 Å². The summed E-state index contributed by atoms with van der Waals surface area (Å²) in [7, 11) is 0. The summed E-state index contributed by atoms with van der Waals surface area (Å²) in [5, 5.41) is 3.61. The molecule has 1 amide bonds. The Kier molecular flexibility index (Phi) is 5.90. The van der Waals surface area contributed by atoms with E-state index in [-0.39, 0.29) is 18.4 Å². The average Bonchev–Trinajstić information content (AvgIpc) is 2.83. The lowest BCUT2D eigenvalue weighted by Crippen LogP contribution is -2.60. The number of alkyl halides is 3. The molecule has 0 aliphatic carbocycles. The monoisotopic (exact) mass is 485 g/mol. The number of nitrogens with one attached hydrogen (secondary N) is 1. The molecular formula is C26H23ClF3N3O. The highest BCUT2D eigenvalue weighted by Gasteiger charge is 2.42. The van der Waals surface area contributed by atoms with Crippen LogP contribution in [-0.4, -0.2) is 31.6 Å². The summed E-state index contributed by atoms with van der Waals surface area (Å²) in [4.78, 5) is 17.7. The second-order valence-corrected chi connectivity index (χ2v) is 9.13. The van der Waals surface area contributed by atoms with Gasteiger partial charge in [0.05, 0.1) is 17.5 Å². The summed E-state index contributed by atoms with van der Waals surface area (Å²) < 4.78 is 40.2. The van der Waals surface area contributed by atoms with Crippen molar-refractivity contribution < 1.29 is 18.0 Å². The summed E-state index contributed by atoms with van der Waals surface area (Å²) in [5.74, 6) is -0.700. The number of hydrogen-bond donors (Lipinski definition) is 1. The minimum atomic E-state index is -4.43. The van der Waals surface area contributed by atoms with Crippen molar-refractivity contribution in [3.05, 3.63) is 88.9 Å². The molecule has 0 aromatic heterocycles. The standard InChI is InChI=1S/C26H23ClF3N3O/c27-19-7-9-21(10-8-19)32-12-13-33-23-11-6-18(26(28,29)30)14-17(23)15-22(24(33)16-32)25(34)31-20-4-2-1-3-5-20/h1-11,14,22,24H,12-13,15-16H2,(H,31,34)/t22-,24+/m0/s1. The Bertz CT molecular complexity index is 1180. The Labute approximate surface area is 200 Å². The summed E-state index contributed by atoms with van der Waals surface area (Å²) >= 11 is 6.04. The zero-order chi connectivity index (χ0) is 23.9. The zero-order valence-corrected chi connectivity index (χ0v) is 19.0. The van der Waals surface area contributed by atoms with E-state index in [9.17, 15) is 18.0 Å². The SMILES string of the molecule is O=C(Nc1ccccc1)[C@H]1Cc2cc(C(F)(F)F)ccc2N2CCN(c3ccc(Cl)cc3)C[C@H]12. The topological polar surface area (TPSA) is 35.6 Å². The number of fused-ring (bicyclic) bond motifs is 3. The molecule has 0 spiro atoms. The highest BCUT2D eigenvalue weighted by molar-refractivity contribution is 6.30. The molecule has 3 aromatic rings. The number of nitrogens with zero attached hydrogens (tertiary/aromatic N) is 2. The molecule has 176 valence electrons. The Morgan fingerprint density at radius 2 is 1.71 bits per heavy atom. The number of para-hydroxylation sites is 1. The second-order valence-electron chi connectivity index (χ2n) is 8.69. The molecule has 2 aliphatic rings. The fourth-order valence-electron chi connectivity index (χ4n) is 4.94. The van der Waals surface area contributed by atoms with Crippen LogP contribution in [-0.2, 0) is 17.4 Å². The van der Waals surface area contributed by atoms with Crippen molar-refractivity contribution in [1.82, 2.24) is 0 Å². The van der Waals surface area contributed by atoms with Crippen molar-refractivity contribution in [2.24, 2.45) is 5.92 Å². The molecule has 8 heteroatoms. The van der Waals surface area contributed by atoms with Gasteiger partial charge in [-0.05, 0) is 66.6 Å². The average molecular weight is 486 g/mol. The van der Waals surface area contributed by atoms with E-state index in [1.807, 2.05) is 42.5 Å². The normalized spacial score (nSPS) is 19.9. The molecule has 5 rings (SSSR count). The molecule has 1 fully saturated rings. The summed E-state index contributed by atoms with van der Waals surface area (Å²) in [6.07, 6.45) is -4.19. The Hall–Kier alpha value is -3.19. The molecule has 1 saturated heterocycles. The van der Waals surface area contributed by atoms with Crippen LogP contribution in [0.4, 0.5) is 30.2 Å². The first kappa shape index (κ1) is 22.6. The van der Waals surface area contributed by atoms with E-state index in [0.29, 0.717) is 35.9 Å². The third-order valence-corrected chi connectivity index (χ3v) is 6.86. The van der Waals surface area contributed by atoms with Gasteiger partial charge in [-0.25, -0.2) is 0 Å². The molecule has 0 bridgehead atoms. The minimum Gasteiger partial charge on any atom is -0.368 e. The lowest BCUT2D eigenvalue weighted by atomic mass is 9.82. The molecule has 2 heterocycles. The van der Waals surface area contributed by atoms with Crippen LogP contribution in [0.15, 0.2) is 72.8 Å². The number of hydrogen-bond acceptors (Lipinski definition) is 3. The van der Waals surface area contributed by atoms with Gasteiger partial charge in [-0.15, -0.1) is 0 Å². The summed E-state index contributed by atoms with van der Waals surface area (Å²) in [5.41, 5.74) is 2.31. The van der Waals surface area contributed by atoms with Crippen molar-refractivity contribution in [3.8, 4) is 0 Å². The molecule has 3 aromatic carbocycles. The second kappa shape index (κ2) is 8.87. The highest BCUT2D eigenvalue weighted by atomic mass is 35.5. The predicted molar refractivity (Wildman–Crippen MR) is 129 cm³/mol. The van der Waals surface area contributed by atoms with Crippen molar-refractivity contribution in [1.29, 1.82) is 0 Å². The fraction of sp³-hybridized carbons (Fsp3) is 0.269. The molecular weight excluding hydrogens is 463 g/mol. The maximum Gasteiger partial charge on any atom is 0.416 e. The van der Waals surface area contributed by atoms with Crippen LogP contribution in [0.25, 0.3) is 0 Å². The third kappa shape index (κ3) is 4.44. The first-order chi connectivity index (χ1) is 16.3. The Morgan fingerprint density at radius 1 is 0.971 bits per heavy atom. The van der Waals surface area contributed by atoms with Gasteiger partial charge < -0.3 is 15.1 Å². The van der Waals surface area contributed by atoms with Crippen LogP contribution < -0.4 is 15.1 Å². The molecule has 4 nitrogen and oxygen atoms in total. The Morgan fingerprint density at radius 3 is 2.41 bits per heavy atom. The van der Waals surface area contributed by atoms with Crippen molar-refractivity contribution in [3.63, 3.8) is 0 Å². The van der Waals surface area contributed by atoms with Gasteiger partial charge in [0.15, 0.2) is 0 Å². The molecule has 0 unspecified atom stereocenters. The van der Waals surface area contributed by atoms with Crippen LogP contribution in [0.1, 0.15) is 11.1 Å². The van der Waals surface area contributed by atoms with E-state index in [1.54, 1.807) is 18.2 Å². The van der Waals surface area contributed by atoms with Crippen molar-refractivity contribution >= 4 is 34.6 Å². The van der Waals surface area contributed by atoms with E-state index in [4.69, 9.17) is 11.6 Å². The minimum absolute atomic E-state index is 0.183. The van der Waals surface area contributed by atoms with Gasteiger partial charge in [-0.3, -0.25) is 4.79 Å². The van der Waals surface area contributed by atoms with Gasteiger partial charge in [0, 0.05) is 41.7 Å². The van der Waals surface area contributed by atoms with Crippen molar-refractivity contribution in [2.75, 3.05) is 34.8 Å². The molecule has 2 aliphatic heterocycles. The maximum absolute atomic E-state index is 13.4. The van der Waals surface area contributed by atoms with Gasteiger partial charge in [-0.1, -0.05) is 29.8 Å². The fourth-order valence-corrected chi connectivity index (χ4v) is 5.07. The predicted octanol–water partition coefficient (Wildman–Crippen LogP) is 5.87. The first-order valence-corrected chi connectivity index (χ1v) is 11.5. The molecule has 1 N–H and O–H groups in total. The lowest BCUT2D eigenvalue weighted by molar-refractivity contribution is -0.137. The van der Waals surface area contributed by atoms with Crippen LogP contribution >= 0.6 is 11.6 Å². The van der Waals surface area contributed by atoms with Crippen LogP contribution in [0.2, 0.25) is 5.02 Å². The first-order valence-electron chi connectivity index (χ1n) is 11.1. The number of benzene rings is 3. The molecule has 0 radical (unpaired) electrons. The third-order valence-electron chi connectivity index (χ3n) is 6.61. The highest BCUT2D eigenvalue weighted by Crippen LogP contribution is 2.40. The van der Waals surface area contributed by atoms with Crippen molar-refractivity contribution in [2.45, 2.75) is 18.6 Å². The number of rotatable bonds is 3. The van der Waals surface area contributed by atoms with E-state index >= 15 is 0 Å². The molecule has 2 atom stereocenters. The summed E-state index contributed by atoms with van der Waals surface area (Å²) in [6.45, 7) is 1.86. The van der Waals surface area contributed by atoms with Gasteiger partial charge >= 0.3 is 6.18 Å². The van der Waals surface area contributed by atoms with Crippen LogP contribution in [0.5, 0.6) is 0 Å². The molecule has 34 heavy (non-hydrogen) atoms. The number of anilines is 3. The summed E-state index contributed by atoms with van der Waals surface area (Å²) in [6, 6.07) is 20.4. The largest absolute Gasteiger partial charge is 0.416 e. The maximum atomic E-state index is 13.4. The molecule has 0 saturated carbocycles. The van der Waals surface area contributed by atoms with Gasteiger partial charge in [-0.2, -0.15) is 13.2 Å². The van der Waals surface area contributed by atoms with Crippen LogP contribution in [0.3, 0.4) is 0 Å². The smallest absolute Gasteiger partial charge is 0.368 e. The quantitative estimate of drug-likeness (QED) is 0.504.